The molecule has 4 heterocycles. The summed E-state index contributed by atoms with van der Waals surface area (Å²) in [6, 6.07) is 0. The fourth-order valence-corrected chi connectivity index (χ4v) is 4.26. The van der Waals surface area contributed by atoms with Crippen LogP contribution in [0.25, 0.3) is 0 Å². The molecule has 0 aromatic rings. The van der Waals surface area contributed by atoms with Crippen LogP contribution in [0.1, 0.15) is 32.1 Å². The molecule has 0 radical (unpaired) electrons. The Morgan fingerprint density at radius 3 is 2.58 bits per heavy atom. The third-order valence-corrected chi connectivity index (χ3v) is 5.66. The number of carbonyl (C=O) groups is 2. The van der Waals surface area contributed by atoms with Crippen LogP contribution >= 0.6 is 0 Å². The second kappa shape index (κ2) is 6.61. The Morgan fingerprint density at radius 1 is 1.17 bits per heavy atom. The Labute approximate surface area is 142 Å². The van der Waals surface area contributed by atoms with Gasteiger partial charge in [-0.2, -0.15) is 0 Å². The molecule has 4 aliphatic rings. The summed E-state index contributed by atoms with van der Waals surface area (Å²) in [5.41, 5.74) is 0. The lowest BCUT2D eigenvalue weighted by molar-refractivity contribution is -0.188. The maximum absolute atomic E-state index is 12.8. The minimum Gasteiger partial charge on any atom is -0.376 e. The van der Waals surface area contributed by atoms with Gasteiger partial charge in [0.25, 0.3) is 0 Å². The van der Waals surface area contributed by atoms with Gasteiger partial charge >= 0.3 is 0 Å². The molecule has 0 bridgehead atoms. The molecule has 2 amide bonds. The largest absolute Gasteiger partial charge is 0.376 e. The normalized spacial score (nSPS) is 32.9. The van der Waals surface area contributed by atoms with E-state index in [2.05, 4.69) is 0 Å². The number of rotatable bonds is 3. The first kappa shape index (κ1) is 16.3. The van der Waals surface area contributed by atoms with E-state index in [0.29, 0.717) is 45.8 Å². The fraction of sp³-hybridized carbons (Fsp3) is 0.882. The van der Waals surface area contributed by atoms with Gasteiger partial charge in [0.15, 0.2) is 5.79 Å². The number of ether oxygens (including phenoxy) is 3. The summed E-state index contributed by atoms with van der Waals surface area (Å²) in [7, 11) is 0. The first-order chi connectivity index (χ1) is 11.7. The van der Waals surface area contributed by atoms with E-state index in [9.17, 15) is 9.59 Å². The van der Waals surface area contributed by atoms with E-state index >= 15 is 0 Å². The molecule has 4 saturated heterocycles. The van der Waals surface area contributed by atoms with Crippen LogP contribution in [0.5, 0.6) is 0 Å². The van der Waals surface area contributed by atoms with Gasteiger partial charge in [-0.25, -0.2) is 0 Å². The smallest absolute Gasteiger partial charge is 0.228 e. The Bertz CT molecular complexity index is 489. The number of amides is 2. The first-order valence-corrected chi connectivity index (χ1v) is 9.11. The van der Waals surface area contributed by atoms with Gasteiger partial charge in [-0.1, -0.05) is 0 Å². The number of piperidine rings is 1. The second-order valence-electron chi connectivity index (χ2n) is 7.27. The van der Waals surface area contributed by atoms with Gasteiger partial charge in [-0.15, -0.1) is 0 Å². The second-order valence-corrected chi connectivity index (χ2v) is 7.27. The molecular formula is C17H26N2O5. The van der Waals surface area contributed by atoms with Crippen molar-refractivity contribution in [1.29, 1.82) is 0 Å². The SMILES string of the molecule is O=C1CC(C(=O)N2CCC3(CC2)OCCO3)CN1CC1CCCO1. The van der Waals surface area contributed by atoms with Crippen molar-refractivity contribution in [2.75, 3.05) is 46.0 Å². The Morgan fingerprint density at radius 2 is 1.92 bits per heavy atom. The Balaban J connectivity index is 1.29. The number of hydrogen-bond acceptors (Lipinski definition) is 5. The number of likely N-dealkylation sites (tertiary alicyclic amines) is 2. The summed E-state index contributed by atoms with van der Waals surface area (Å²) >= 11 is 0. The van der Waals surface area contributed by atoms with Gasteiger partial charge in [0.2, 0.25) is 11.8 Å². The highest BCUT2D eigenvalue weighted by atomic mass is 16.7. The highest BCUT2D eigenvalue weighted by Gasteiger charge is 2.43. The molecule has 7 nitrogen and oxygen atoms in total. The monoisotopic (exact) mass is 338 g/mol. The van der Waals surface area contributed by atoms with Crippen molar-refractivity contribution < 1.29 is 23.8 Å². The molecule has 1 spiro atoms. The molecule has 2 atom stereocenters. The number of hydrogen-bond donors (Lipinski definition) is 0. The molecule has 0 aromatic heterocycles. The summed E-state index contributed by atoms with van der Waals surface area (Å²) in [6.45, 7) is 4.53. The molecule has 7 heteroatoms. The number of nitrogens with zero attached hydrogens (tertiary/aromatic N) is 2. The Hall–Kier alpha value is -1.18. The molecule has 0 aromatic carbocycles. The summed E-state index contributed by atoms with van der Waals surface area (Å²) in [6.07, 6.45) is 4.00. The lowest BCUT2D eigenvalue weighted by Crippen LogP contribution is -2.49. The van der Waals surface area contributed by atoms with E-state index in [-0.39, 0.29) is 23.8 Å². The summed E-state index contributed by atoms with van der Waals surface area (Å²) in [5, 5.41) is 0. The minimum absolute atomic E-state index is 0.0831. The molecule has 4 rings (SSSR count). The summed E-state index contributed by atoms with van der Waals surface area (Å²) in [4.78, 5) is 28.7. The van der Waals surface area contributed by atoms with E-state index in [1.807, 2.05) is 9.80 Å². The lowest BCUT2D eigenvalue weighted by atomic mass is 10.0. The van der Waals surface area contributed by atoms with Gasteiger partial charge in [-0.05, 0) is 12.8 Å². The Kier molecular flexibility index (Phi) is 4.49. The van der Waals surface area contributed by atoms with Crippen LogP contribution in [0, 0.1) is 5.92 Å². The van der Waals surface area contributed by atoms with Crippen LogP contribution in [-0.4, -0.2) is 79.5 Å². The van der Waals surface area contributed by atoms with E-state index in [4.69, 9.17) is 14.2 Å². The highest BCUT2D eigenvalue weighted by molar-refractivity contribution is 5.89. The van der Waals surface area contributed by atoms with Gasteiger partial charge in [-0.3, -0.25) is 9.59 Å². The summed E-state index contributed by atoms with van der Waals surface area (Å²) < 4.78 is 17.0. The fourth-order valence-electron chi connectivity index (χ4n) is 4.26. The van der Waals surface area contributed by atoms with E-state index in [1.54, 1.807) is 0 Å². The molecule has 4 fully saturated rings. The summed E-state index contributed by atoms with van der Waals surface area (Å²) in [5.74, 6) is -0.488. The van der Waals surface area contributed by atoms with Gasteiger partial charge < -0.3 is 24.0 Å². The lowest BCUT2D eigenvalue weighted by Gasteiger charge is -2.38. The van der Waals surface area contributed by atoms with Gasteiger partial charge in [0, 0.05) is 52.0 Å². The van der Waals surface area contributed by atoms with E-state index in [0.717, 1.165) is 32.3 Å². The number of carbonyl (C=O) groups excluding carboxylic acids is 2. The molecule has 4 aliphatic heterocycles. The van der Waals surface area contributed by atoms with Crippen molar-refractivity contribution in [2.24, 2.45) is 5.92 Å². The van der Waals surface area contributed by atoms with Crippen molar-refractivity contribution in [3.05, 3.63) is 0 Å². The van der Waals surface area contributed by atoms with Crippen LogP contribution in [0.4, 0.5) is 0 Å². The van der Waals surface area contributed by atoms with Crippen LogP contribution in [-0.2, 0) is 23.8 Å². The van der Waals surface area contributed by atoms with Gasteiger partial charge in [0.05, 0.1) is 25.2 Å². The topological polar surface area (TPSA) is 68.3 Å². The molecule has 0 N–H and O–H groups in total. The van der Waals surface area contributed by atoms with E-state index < -0.39 is 5.79 Å². The van der Waals surface area contributed by atoms with Crippen LogP contribution in [0.2, 0.25) is 0 Å². The third-order valence-electron chi connectivity index (χ3n) is 5.66. The average Bonchev–Trinajstić information content (AvgIpc) is 3.32. The zero-order valence-corrected chi connectivity index (χ0v) is 14.1. The predicted molar refractivity (Wildman–Crippen MR) is 84.1 cm³/mol. The maximum Gasteiger partial charge on any atom is 0.228 e. The average molecular weight is 338 g/mol. The third kappa shape index (κ3) is 3.17. The van der Waals surface area contributed by atoms with Crippen molar-refractivity contribution in [1.82, 2.24) is 9.80 Å². The standard InChI is InChI=1S/C17H26N2O5/c20-15-10-13(11-19(15)12-14-2-1-7-22-14)16(21)18-5-3-17(4-6-18)23-8-9-24-17/h13-14H,1-12H2. The molecular weight excluding hydrogens is 312 g/mol. The van der Waals surface area contributed by atoms with Crippen molar-refractivity contribution in [2.45, 2.75) is 44.0 Å². The van der Waals surface area contributed by atoms with Crippen molar-refractivity contribution >= 4 is 11.8 Å². The van der Waals surface area contributed by atoms with Crippen molar-refractivity contribution in [3.63, 3.8) is 0 Å². The zero-order valence-electron chi connectivity index (χ0n) is 14.1. The zero-order chi connectivity index (χ0) is 16.6. The molecule has 134 valence electrons. The molecule has 0 aliphatic carbocycles. The first-order valence-electron chi connectivity index (χ1n) is 9.11. The minimum atomic E-state index is -0.464. The molecule has 24 heavy (non-hydrogen) atoms. The molecule has 2 unspecified atom stereocenters. The quantitative estimate of drug-likeness (QED) is 0.744. The van der Waals surface area contributed by atoms with Crippen LogP contribution in [0.15, 0.2) is 0 Å². The highest BCUT2D eigenvalue weighted by Crippen LogP contribution is 2.32. The van der Waals surface area contributed by atoms with Crippen LogP contribution < -0.4 is 0 Å². The molecule has 0 saturated carbocycles. The van der Waals surface area contributed by atoms with E-state index in [1.165, 1.54) is 0 Å². The van der Waals surface area contributed by atoms with Crippen LogP contribution in [0.3, 0.4) is 0 Å². The van der Waals surface area contributed by atoms with Crippen molar-refractivity contribution in [3.8, 4) is 0 Å². The maximum atomic E-state index is 12.8. The predicted octanol–water partition coefficient (Wildman–Crippen LogP) is 0.379. The van der Waals surface area contributed by atoms with Gasteiger partial charge in [0.1, 0.15) is 0 Å².